The third-order valence-corrected chi connectivity index (χ3v) is 15.7. The van der Waals surface area contributed by atoms with Crippen LogP contribution in [-0.4, -0.2) is 149 Å². The molecule has 0 radical (unpaired) electrons. The Kier molecular flexibility index (Phi) is 18.0. The molecular weight excluding hydrogens is 1110 g/mol. The van der Waals surface area contributed by atoms with Crippen LogP contribution in [0.5, 0.6) is 34.5 Å². The minimum atomic E-state index is -2.65. The highest BCUT2D eigenvalue weighted by atomic mass is 16.6. The lowest BCUT2D eigenvalue weighted by atomic mass is 9.51. The summed E-state index contributed by atoms with van der Waals surface area (Å²) >= 11 is 0. The number of allylic oxidation sites excluding steroid dienone is 1. The van der Waals surface area contributed by atoms with Crippen molar-refractivity contribution in [2.75, 3.05) is 49.3 Å². The number of fused-ring (bicyclic) bond motifs is 5. The number of ether oxygens (including phenoxy) is 13. The van der Waals surface area contributed by atoms with E-state index >= 15 is 9.59 Å². The Balaban J connectivity index is 1.41. The van der Waals surface area contributed by atoms with Gasteiger partial charge in [0.05, 0.1) is 77.9 Å². The number of ketones is 1. The van der Waals surface area contributed by atoms with Gasteiger partial charge in [-0.2, -0.15) is 0 Å². The lowest BCUT2D eigenvalue weighted by Crippen LogP contribution is -2.76. The Morgan fingerprint density at radius 3 is 1.69 bits per heavy atom. The van der Waals surface area contributed by atoms with E-state index in [9.17, 15) is 34.2 Å². The van der Waals surface area contributed by atoms with Gasteiger partial charge in [0.1, 0.15) is 35.6 Å². The van der Waals surface area contributed by atoms with Crippen molar-refractivity contribution < 1.29 is 105 Å². The summed E-state index contributed by atoms with van der Waals surface area (Å²) in [5.41, 5.74) is -8.69. The number of carbonyl (C=O) groups is 7. The highest BCUT2D eigenvalue weighted by molar-refractivity contribution is 6.11. The first-order valence-electron chi connectivity index (χ1n) is 27.0. The van der Waals surface area contributed by atoms with Crippen molar-refractivity contribution in [3.8, 4) is 34.5 Å². The zero-order valence-corrected chi connectivity index (χ0v) is 49.3. The molecule has 1 heterocycles. The van der Waals surface area contributed by atoms with Crippen LogP contribution in [0.1, 0.15) is 104 Å². The van der Waals surface area contributed by atoms with Crippen molar-refractivity contribution in [2.45, 2.75) is 115 Å². The molecule has 9 atom stereocenters. The van der Waals surface area contributed by atoms with Gasteiger partial charge in [0.15, 0.2) is 40.5 Å². The minimum absolute atomic E-state index is 0.000949. The molecule has 8 rings (SSSR count). The summed E-state index contributed by atoms with van der Waals surface area (Å²) in [6.07, 6.45) is -11.1. The molecule has 0 unspecified atom stereocenters. The van der Waals surface area contributed by atoms with Crippen molar-refractivity contribution in [2.24, 2.45) is 11.3 Å². The summed E-state index contributed by atoms with van der Waals surface area (Å²) < 4.78 is 76.8. The molecule has 2 bridgehead atoms. The Morgan fingerprint density at radius 2 is 1.21 bits per heavy atom. The molecule has 2 fully saturated rings. The first-order valence-corrected chi connectivity index (χ1v) is 27.0. The van der Waals surface area contributed by atoms with Gasteiger partial charge in [0.25, 0.3) is 0 Å². The molecule has 454 valence electrons. The van der Waals surface area contributed by atoms with Crippen molar-refractivity contribution in [3.63, 3.8) is 0 Å². The molecule has 23 nitrogen and oxygen atoms in total. The van der Waals surface area contributed by atoms with Gasteiger partial charge in [0.2, 0.25) is 17.3 Å². The monoisotopic (exact) mass is 1180 g/mol. The topological polar surface area (TPSA) is 292 Å². The normalized spacial score (nSPS) is 24.6. The Hall–Kier alpha value is -8.67. The van der Waals surface area contributed by atoms with Gasteiger partial charge in [-0.15, -0.1) is 0 Å². The van der Waals surface area contributed by atoms with E-state index in [0.717, 1.165) is 6.92 Å². The zero-order valence-electron chi connectivity index (χ0n) is 49.3. The third-order valence-electron chi connectivity index (χ3n) is 15.7. The molecule has 23 heteroatoms. The van der Waals surface area contributed by atoms with Gasteiger partial charge in [-0.25, -0.2) is 24.0 Å². The minimum Gasteiger partial charge on any atom is -0.493 e. The smallest absolute Gasteiger partial charge is 0.408 e. The van der Waals surface area contributed by atoms with Gasteiger partial charge in [-0.05, 0) is 75.2 Å². The predicted molar refractivity (Wildman–Crippen MR) is 297 cm³/mol. The molecule has 1 amide bonds. The van der Waals surface area contributed by atoms with Crippen LogP contribution in [0.25, 0.3) is 0 Å². The van der Waals surface area contributed by atoms with Gasteiger partial charge in [-0.3, -0.25) is 9.59 Å². The number of benzene rings is 4. The van der Waals surface area contributed by atoms with E-state index in [1.165, 1.54) is 99.8 Å². The molecule has 4 aromatic carbocycles. The van der Waals surface area contributed by atoms with E-state index in [2.05, 4.69) is 5.32 Å². The summed E-state index contributed by atoms with van der Waals surface area (Å²) in [5, 5.41) is 28.8. The number of Topliss-reactive ketones (excluding diaryl/α,β-unsaturated/α-hetero) is 1. The number of hydrogen-bond donors (Lipinski definition) is 3. The van der Waals surface area contributed by atoms with Gasteiger partial charge >= 0.3 is 35.9 Å². The fourth-order valence-corrected chi connectivity index (χ4v) is 11.7. The van der Waals surface area contributed by atoms with Crippen LogP contribution < -0.4 is 33.7 Å². The molecule has 3 N–H and O–H groups in total. The van der Waals surface area contributed by atoms with E-state index in [4.69, 9.17) is 61.6 Å². The van der Waals surface area contributed by atoms with Crippen LogP contribution in [0, 0.1) is 11.3 Å². The Morgan fingerprint density at radius 1 is 0.694 bits per heavy atom. The molecule has 4 aromatic rings. The third kappa shape index (κ3) is 11.8. The van der Waals surface area contributed by atoms with E-state index in [-0.39, 0.29) is 67.9 Å². The average Bonchev–Trinajstić information content (AvgIpc) is 0.748. The van der Waals surface area contributed by atoms with E-state index < -0.39 is 137 Å². The first kappa shape index (κ1) is 62.4. The fraction of sp³-hybridized carbons (Fsp3) is 0.435. The number of aliphatic hydroxyl groups is 2. The maximum Gasteiger partial charge on any atom is 0.408 e. The number of hydrogen-bond acceptors (Lipinski definition) is 22. The number of nitrogens with one attached hydrogen (secondary N) is 1. The number of aliphatic hydroxyl groups excluding tert-OH is 1. The number of carbonyl (C=O) groups excluding carboxylic acids is 7. The molecule has 0 spiro atoms. The molecule has 3 aliphatic carbocycles. The lowest BCUT2D eigenvalue weighted by molar-refractivity contribution is -0.308. The Labute approximate surface area is 490 Å². The first-order chi connectivity index (χ1) is 40.2. The number of esters is 5. The van der Waals surface area contributed by atoms with Crippen LogP contribution in [-0.2, 0) is 47.5 Å². The number of alkyl carbamates (subject to hydrolysis) is 1. The highest BCUT2D eigenvalue weighted by Gasteiger charge is 2.73. The van der Waals surface area contributed by atoms with Crippen LogP contribution >= 0.6 is 0 Å². The second kappa shape index (κ2) is 24.5. The number of methoxy groups -OCH3 is 6. The van der Waals surface area contributed by atoms with Gasteiger partial charge in [-0.1, -0.05) is 62.4 Å². The second-order valence-electron chi connectivity index (χ2n) is 22.2. The summed E-state index contributed by atoms with van der Waals surface area (Å²) in [6.45, 7) is 9.80. The molecule has 0 aromatic heterocycles. The van der Waals surface area contributed by atoms with E-state index in [0.29, 0.717) is 0 Å². The van der Waals surface area contributed by atoms with E-state index in [1.807, 2.05) is 0 Å². The maximum atomic E-state index is 16.5. The maximum absolute atomic E-state index is 16.5. The average molecular weight is 1180 g/mol. The van der Waals surface area contributed by atoms with Gasteiger partial charge < -0.3 is 77.1 Å². The number of rotatable bonds is 18. The van der Waals surface area contributed by atoms with Crippen LogP contribution in [0.15, 0.2) is 107 Å². The summed E-state index contributed by atoms with van der Waals surface area (Å²) in [5.74, 6) is -9.18. The molecular formula is C62H69NO22. The zero-order chi connectivity index (χ0) is 62.1. The standard InChI is InChI=1S/C62H69NO22/c1-31-42(81-57(70)49(66)47(33-20-16-14-17-21-33)63-58(71)85-59(3,4)5)29-62(72)53(83-54(67)34-22-18-15-19-23-34)46-44(52(48(65)45(31)60(62,6)7)82-56(69)36-26-40(75-10)51(78-13)41(27-36)76-11)37(28-43-61(46,30-79-43)84-32(2)64)80-55(68)35-24-38(73-8)50(77-12)39(25-35)74-9/h14-27,37,42-43,46-47,49,53,66,72H,28-30H2,1-13H3,(H,63,71)/b52-44+/t37-,42-,43+,46+,47-,49+,53-,61-,62+/m0/s1. The molecule has 1 saturated heterocycles. The quantitative estimate of drug-likeness (QED) is 0.0673. The van der Waals surface area contributed by atoms with Crippen molar-refractivity contribution in [3.05, 3.63) is 130 Å². The molecule has 1 aliphatic heterocycles. The van der Waals surface area contributed by atoms with Crippen LogP contribution in [0.3, 0.4) is 0 Å². The molecule has 1 saturated carbocycles. The second-order valence-corrected chi connectivity index (χ2v) is 22.2. The number of amides is 1. The van der Waals surface area contributed by atoms with Crippen LogP contribution in [0.4, 0.5) is 4.79 Å². The van der Waals surface area contributed by atoms with E-state index in [1.54, 1.807) is 69.3 Å². The summed E-state index contributed by atoms with van der Waals surface area (Å²) in [4.78, 5) is 103. The fourth-order valence-electron chi connectivity index (χ4n) is 11.7. The molecule has 4 aliphatic rings. The van der Waals surface area contributed by atoms with Crippen molar-refractivity contribution in [1.29, 1.82) is 0 Å². The lowest BCUT2D eigenvalue weighted by Gasteiger charge is -2.63. The SMILES string of the molecule is COc1cc(C(=O)O/C2=C3\[C@@H](OC(=O)c4cc(OC)c(OC)c(OC)c4)C[C@H]4OC[C@@]4(OC(C)=O)[C@H]3[C@H](OC(=O)c3ccccc3)[C@]3(O)C[C@H](OC(=O)[C@H](O)[C@@H](NC(=O)OC(C)(C)C)c4ccccc4)C(C)=C(C2=O)C3(C)C)cc(OC)c1OC. The largest absolute Gasteiger partial charge is 0.493 e. The van der Waals surface area contributed by atoms with Crippen molar-refractivity contribution in [1.82, 2.24) is 5.32 Å². The highest BCUT2D eigenvalue weighted by Crippen LogP contribution is 2.61. The predicted octanol–water partition coefficient (Wildman–Crippen LogP) is 6.92. The molecule has 85 heavy (non-hydrogen) atoms. The summed E-state index contributed by atoms with van der Waals surface area (Å²) in [6, 6.07) is 19.2. The van der Waals surface area contributed by atoms with Crippen LogP contribution in [0.2, 0.25) is 0 Å². The van der Waals surface area contributed by atoms with Gasteiger partial charge in [0, 0.05) is 36.3 Å². The Bertz CT molecular complexity index is 3280. The summed E-state index contributed by atoms with van der Waals surface area (Å²) in [7, 11) is 7.97. The van der Waals surface area contributed by atoms with Crippen molar-refractivity contribution >= 4 is 41.7 Å².